The molecule has 1 heterocycles. The number of benzene rings is 1. The summed E-state index contributed by atoms with van der Waals surface area (Å²) in [5, 5.41) is 18.2. The third-order valence-electron chi connectivity index (χ3n) is 4.64. The Balaban J connectivity index is 0.000000735. The monoisotopic (exact) mass is 414 g/mol. The second-order valence-electron chi connectivity index (χ2n) is 6.86. The number of pyridine rings is 1. The first-order valence-corrected chi connectivity index (χ1v) is 9.50. The van der Waals surface area contributed by atoms with Crippen molar-refractivity contribution < 1.29 is 9.18 Å². The Morgan fingerprint density at radius 1 is 1.13 bits per heavy atom. The highest BCUT2D eigenvalue weighted by atomic mass is 19.1. The van der Waals surface area contributed by atoms with Gasteiger partial charge in [-0.2, -0.15) is 0 Å². The summed E-state index contributed by atoms with van der Waals surface area (Å²) < 4.78 is 14.4. The van der Waals surface area contributed by atoms with E-state index in [0.717, 1.165) is 44.2 Å². The Morgan fingerprint density at radius 2 is 1.77 bits per heavy atom. The van der Waals surface area contributed by atoms with Gasteiger partial charge >= 0.3 is 0 Å². The summed E-state index contributed by atoms with van der Waals surface area (Å²) in [6.07, 6.45) is 5.67. The fraction of sp³-hybridized carbons (Fsp3) is 0.300. The fourth-order valence-electron chi connectivity index (χ4n) is 3.09. The van der Waals surface area contributed by atoms with E-state index in [1.165, 1.54) is 0 Å². The van der Waals surface area contributed by atoms with E-state index in [4.69, 9.17) is 28.0 Å². The molecular weight excluding hydrogens is 387 g/mol. The van der Waals surface area contributed by atoms with Crippen LogP contribution in [0.1, 0.15) is 36.0 Å². The second kappa shape index (κ2) is 10.9. The van der Waals surface area contributed by atoms with Crippen molar-refractivity contribution >= 4 is 41.3 Å². The Kier molecular flexibility index (Phi) is 8.24. The first-order chi connectivity index (χ1) is 14.3. The van der Waals surface area contributed by atoms with Crippen molar-refractivity contribution in [2.75, 3.05) is 16.4 Å². The number of halogens is 1. The van der Waals surface area contributed by atoms with E-state index in [2.05, 4.69) is 15.6 Å². The summed E-state index contributed by atoms with van der Waals surface area (Å²) >= 11 is 0. The normalized spacial score (nSPS) is 17.8. The third kappa shape index (κ3) is 6.24. The summed E-state index contributed by atoms with van der Waals surface area (Å²) in [6.45, 7) is 0. The highest BCUT2D eigenvalue weighted by Gasteiger charge is 2.24. The summed E-state index contributed by atoms with van der Waals surface area (Å²) in [4.78, 5) is 15.9. The van der Waals surface area contributed by atoms with Crippen LogP contribution in [0.2, 0.25) is 0 Å². The van der Waals surface area contributed by atoms with Crippen LogP contribution in [-0.4, -0.2) is 35.4 Å². The van der Waals surface area contributed by atoms with E-state index in [0.29, 0.717) is 11.4 Å². The molecule has 1 aliphatic rings. The minimum Gasteiger partial charge on any atom is -0.399 e. The van der Waals surface area contributed by atoms with Crippen LogP contribution in [0, 0.1) is 16.6 Å². The topological polar surface area (TPSA) is 180 Å². The largest absolute Gasteiger partial charge is 0.399 e. The lowest BCUT2D eigenvalue weighted by molar-refractivity contribution is 0.100. The molecule has 1 fully saturated rings. The zero-order chi connectivity index (χ0) is 22.1. The van der Waals surface area contributed by atoms with Gasteiger partial charge in [0.15, 0.2) is 11.6 Å². The molecule has 0 spiro atoms. The van der Waals surface area contributed by atoms with Crippen LogP contribution in [0.15, 0.2) is 30.3 Å². The van der Waals surface area contributed by atoms with Gasteiger partial charge in [0.1, 0.15) is 5.82 Å². The number of primary amides is 1. The maximum atomic E-state index is 14.4. The molecule has 0 unspecified atom stereocenters. The number of nitrogen functional groups attached to an aromatic ring is 1. The van der Waals surface area contributed by atoms with Crippen LogP contribution < -0.4 is 27.8 Å². The number of nitrogens with one attached hydrogen (secondary N) is 4. The smallest absolute Gasteiger partial charge is 0.252 e. The SMILES string of the molecule is N=CC=N.NC(=O)c1cc(F)c(N[C@@H]2CCCC[C@@H]2N)nc1Nc1ccc(N)cc1. The number of amides is 1. The van der Waals surface area contributed by atoms with Gasteiger partial charge in [-0.15, -0.1) is 0 Å². The van der Waals surface area contributed by atoms with Crippen LogP contribution in [0.25, 0.3) is 0 Å². The zero-order valence-electron chi connectivity index (χ0n) is 16.5. The molecule has 0 radical (unpaired) electrons. The van der Waals surface area contributed by atoms with E-state index in [-0.39, 0.29) is 29.3 Å². The van der Waals surface area contributed by atoms with Gasteiger partial charge < -0.3 is 38.7 Å². The molecule has 1 aromatic heterocycles. The van der Waals surface area contributed by atoms with Gasteiger partial charge in [0.2, 0.25) is 0 Å². The van der Waals surface area contributed by atoms with Crippen molar-refractivity contribution in [3.05, 3.63) is 41.7 Å². The molecule has 9 nitrogen and oxygen atoms in total. The lowest BCUT2D eigenvalue weighted by atomic mass is 9.91. The lowest BCUT2D eigenvalue weighted by Crippen LogP contribution is -2.43. The molecule has 0 aliphatic heterocycles. The van der Waals surface area contributed by atoms with E-state index in [9.17, 15) is 9.18 Å². The number of carbonyl (C=O) groups is 1. The number of nitrogens with zero attached hydrogens (tertiary/aromatic N) is 1. The van der Waals surface area contributed by atoms with E-state index in [1.54, 1.807) is 24.3 Å². The molecule has 0 bridgehead atoms. The minimum absolute atomic E-state index is 0.0298. The van der Waals surface area contributed by atoms with Gasteiger partial charge in [0.05, 0.1) is 5.56 Å². The van der Waals surface area contributed by atoms with Crippen molar-refractivity contribution in [3.63, 3.8) is 0 Å². The molecule has 30 heavy (non-hydrogen) atoms. The van der Waals surface area contributed by atoms with Gasteiger partial charge in [0.25, 0.3) is 5.91 Å². The number of rotatable bonds is 6. The average Bonchev–Trinajstić information content (AvgIpc) is 2.73. The zero-order valence-corrected chi connectivity index (χ0v) is 16.5. The third-order valence-corrected chi connectivity index (χ3v) is 4.64. The predicted octanol–water partition coefficient (Wildman–Crippen LogP) is 2.61. The van der Waals surface area contributed by atoms with Crippen LogP contribution >= 0.6 is 0 Å². The molecule has 160 valence electrons. The number of nitrogens with two attached hydrogens (primary N) is 3. The molecule has 1 aromatic carbocycles. The van der Waals surface area contributed by atoms with E-state index < -0.39 is 11.7 Å². The average molecular weight is 414 g/mol. The number of hydrogen-bond donors (Lipinski definition) is 7. The van der Waals surface area contributed by atoms with Gasteiger partial charge in [-0.1, -0.05) is 12.8 Å². The van der Waals surface area contributed by atoms with E-state index in [1.807, 2.05) is 0 Å². The highest BCUT2D eigenvalue weighted by molar-refractivity contribution is 6.12. The van der Waals surface area contributed by atoms with Crippen molar-refractivity contribution in [3.8, 4) is 0 Å². The van der Waals surface area contributed by atoms with Gasteiger partial charge in [0, 0.05) is 35.9 Å². The van der Waals surface area contributed by atoms with Crippen LogP contribution in [0.5, 0.6) is 0 Å². The Hall–Kier alpha value is -3.53. The van der Waals surface area contributed by atoms with Crippen molar-refractivity contribution in [1.29, 1.82) is 10.8 Å². The number of aromatic nitrogens is 1. The van der Waals surface area contributed by atoms with E-state index >= 15 is 0 Å². The summed E-state index contributed by atoms with van der Waals surface area (Å²) in [5.41, 5.74) is 18.4. The quantitative estimate of drug-likeness (QED) is 0.282. The number of anilines is 4. The summed E-state index contributed by atoms with van der Waals surface area (Å²) in [6, 6.07) is 7.84. The van der Waals surface area contributed by atoms with Gasteiger partial charge in [-0.05, 0) is 43.2 Å². The van der Waals surface area contributed by atoms with Crippen LogP contribution in [-0.2, 0) is 0 Å². The van der Waals surface area contributed by atoms with Gasteiger partial charge in [-0.3, -0.25) is 4.79 Å². The minimum atomic E-state index is -0.768. The molecule has 2 atom stereocenters. The molecule has 10 heteroatoms. The summed E-state index contributed by atoms with van der Waals surface area (Å²) in [7, 11) is 0. The molecule has 1 saturated carbocycles. The molecule has 1 amide bonds. The van der Waals surface area contributed by atoms with Crippen LogP contribution in [0.4, 0.5) is 27.4 Å². The molecule has 1 aliphatic carbocycles. The predicted molar refractivity (Wildman–Crippen MR) is 118 cm³/mol. The van der Waals surface area contributed by atoms with Crippen molar-refractivity contribution in [2.24, 2.45) is 11.5 Å². The highest BCUT2D eigenvalue weighted by Crippen LogP contribution is 2.27. The number of hydrogen-bond acceptors (Lipinski definition) is 8. The standard InChI is InChI=1S/C18H23FN6O.C2H4N2/c19-13-9-12(16(22)26)17(23-11-7-5-10(20)6-8-11)25-18(13)24-15-4-2-1-3-14(15)21;3-1-2-4/h5-9,14-15H,1-4,20-21H2,(H2,22,26)(H2,23,24,25);1-4H/t14-,15+;/m0./s1. The van der Waals surface area contributed by atoms with Crippen molar-refractivity contribution in [1.82, 2.24) is 4.98 Å². The fourth-order valence-corrected chi connectivity index (χ4v) is 3.09. The Labute approximate surface area is 174 Å². The maximum absolute atomic E-state index is 14.4. The summed E-state index contributed by atoms with van der Waals surface area (Å²) in [5.74, 6) is -1.18. The second-order valence-corrected chi connectivity index (χ2v) is 6.86. The number of carbonyl (C=O) groups excluding carboxylic acids is 1. The maximum Gasteiger partial charge on any atom is 0.252 e. The Morgan fingerprint density at radius 3 is 2.33 bits per heavy atom. The molecule has 2 aromatic rings. The molecule has 10 N–H and O–H groups in total. The van der Waals surface area contributed by atoms with Crippen molar-refractivity contribution in [2.45, 2.75) is 37.8 Å². The van der Waals surface area contributed by atoms with Gasteiger partial charge in [-0.25, -0.2) is 9.37 Å². The lowest BCUT2D eigenvalue weighted by Gasteiger charge is -2.30. The molecule has 3 rings (SSSR count). The Bertz CT molecular complexity index is 881. The molecular formula is C20H27FN8O. The first-order valence-electron chi connectivity index (χ1n) is 9.50. The van der Waals surface area contributed by atoms with Crippen LogP contribution in [0.3, 0.4) is 0 Å². The molecule has 0 saturated heterocycles. The first kappa shape index (κ1) is 22.8.